The Labute approximate surface area is 41.3 Å². The molecule has 0 amide bonds. The van der Waals surface area contributed by atoms with Crippen molar-refractivity contribution in [2.24, 2.45) is 0 Å². The molecule has 1 heterocycles. The smallest absolute Gasteiger partial charge is 0.304 e. The normalized spacial score (nSPS) is 28.9. The minimum atomic E-state index is -0.980. The molecular weight excluding hydrogens is 94.0 g/mol. The lowest BCUT2D eigenvalue weighted by Gasteiger charge is -2.21. The van der Waals surface area contributed by atoms with Crippen LogP contribution in [0.2, 0.25) is 0 Å². The molecule has 1 N–H and O–H groups in total. The third kappa shape index (κ3) is 0.718. The Morgan fingerprint density at radius 3 is 2.29 bits per heavy atom. The van der Waals surface area contributed by atoms with E-state index in [2.05, 4.69) is 5.32 Å². The monoisotopic (exact) mass is 100 g/mol. The van der Waals surface area contributed by atoms with E-state index in [1.54, 1.807) is 0 Å². The van der Waals surface area contributed by atoms with Crippen LogP contribution in [0.1, 0.15) is 6.42 Å². The molecule has 0 aliphatic carbocycles. The molecule has 1 radical (unpaired) electrons. The summed E-state index contributed by atoms with van der Waals surface area (Å²) in [5, 5.41) is 12.5. The van der Waals surface area contributed by atoms with Gasteiger partial charge in [0.2, 0.25) is 0 Å². The maximum absolute atomic E-state index is 9.81. The highest BCUT2D eigenvalue weighted by atomic mass is 16.4. The number of nitrogens with one attached hydrogen (secondary N) is 1. The quantitative estimate of drug-likeness (QED) is 0.474. The second-order valence-corrected chi connectivity index (χ2v) is 1.61. The SMILES string of the molecule is [O]C(=O)C1CCN1. The summed E-state index contributed by atoms with van der Waals surface area (Å²) in [6, 6.07) is -0.361. The zero-order valence-electron chi connectivity index (χ0n) is 3.81. The summed E-state index contributed by atoms with van der Waals surface area (Å²) in [4.78, 5) is 9.81. The highest BCUT2D eigenvalue weighted by Crippen LogP contribution is 1.99. The third-order valence-corrected chi connectivity index (χ3v) is 1.11. The number of carbonyl (C=O) groups is 1. The topological polar surface area (TPSA) is 49.0 Å². The van der Waals surface area contributed by atoms with E-state index in [1.807, 2.05) is 0 Å². The highest BCUT2D eigenvalue weighted by molar-refractivity contribution is 5.73. The lowest BCUT2D eigenvalue weighted by Crippen LogP contribution is -2.47. The maximum atomic E-state index is 9.81. The molecule has 1 unspecified atom stereocenters. The third-order valence-electron chi connectivity index (χ3n) is 1.11. The summed E-state index contributed by atoms with van der Waals surface area (Å²) in [6.45, 7) is 0.818. The first-order valence-corrected chi connectivity index (χ1v) is 2.25. The predicted molar refractivity (Wildman–Crippen MR) is 22.1 cm³/mol. The van der Waals surface area contributed by atoms with Gasteiger partial charge in [0, 0.05) is 0 Å². The van der Waals surface area contributed by atoms with Crippen molar-refractivity contribution in [3.63, 3.8) is 0 Å². The van der Waals surface area contributed by atoms with E-state index < -0.39 is 5.97 Å². The molecule has 3 nitrogen and oxygen atoms in total. The first kappa shape index (κ1) is 4.59. The average molecular weight is 100 g/mol. The molecule has 1 atom stereocenters. The van der Waals surface area contributed by atoms with Gasteiger partial charge in [-0.05, 0) is 13.0 Å². The summed E-state index contributed by atoms with van der Waals surface area (Å²) in [5.74, 6) is -0.980. The summed E-state index contributed by atoms with van der Waals surface area (Å²) in [7, 11) is 0. The van der Waals surface area contributed by atoms with Crippen LogP contribution in [-0.4, -0.2) is 18.6 Å². The molecule has 0 spiro atoms. The molecule has 3 heteroatoms. The van der Waals surface area contributed by atoms with E-state index in [0.29, 0.717) is 0 Å². The molecule has 1 saturated heterocycles. The Kier molecular flexibility index (Phi) is 0.982. The van der Waals surface area contributed by atoms with Gasteiger partial charge in [-0.2, -0.15) is 0 Å². The molecule has 0 aromatic carbocycles. The van der Waals surface area contributed by atoms with Gasteiger partial charge in [-0.15, -0.1) is 0 Å². The Hall–Kier alpha value is -0.570. The van der Waals surface area contributed by atoms with E-state index in [1.165, 1.54) is 0 Å². The van der Waals surface area contributed by atoms with Gasteiger partial charge in [-0.1, -0.05) is 0 Å². The fourth-order valence-corrected chi connectivity index (χ4v) is 0.490. The van der Waals surface area contributed by atoms with Crippen LogP contribution in [0.4, 0.5) is 0 Å². The molecule has 0 aromatic rings. The van der Waals surface area contributed by atoms with E-state index in [-0.39, 0.29) is 6.04 Å². The molecule has 39 valence electrons. The first-order valence-electron chi connectivity index (χ1n) is 2.25. The van der Waals surface area contributed by atoms with Gasteiger partial charge >= 0.3 is 5.97 Å². The van der Waals surface area contributed by atoms with Crippen molar-refractivity contribution >= 4 is 5.97 Å². The van der Waals surface area contributed by atoms with Crippen LogP contribution < -0.4 is 5.32 Å². The summed E-state index contributed by atoms with van der Waals surface area (Å²) >= 11 is 0. The molecule has 0 bridgehead atoms. The Balaban J connectivity index is 2.27. The predicted octanol–water partition coefficient (Wildman–Crippen LogP) is -0.695. The lowest BCUT2D eigenvalue weighted by atomic mass is 10.1. The van der Waals surface area contributed by atoms with Crippen LogP contribution in [-0.2, 0) is 9.90 Å². The van der Waals surface area contributed by atoms with Crippen LogP contribution in [0.3, 0.4) is 0 Å². The molecule has 1 aliphatic heterocycles. The fourth-order valence-electron chi connectivity index (χ4n) is 0.490. The van der Waals surface area contributed by atoms with Crippen molar-refractivity contribution in [3.8, 4) is 0 Å². The van der Waals surface area contributed by atoms with Crippen molar-refractivity contribution in [2.45, 2.75) is 12.5 Å². The van der Waals surface area contributed by atoms with Gasteiger partial charge < -0.3 is 5.32 Å². The van der Waals surface area contributed by atoms with Crippen LogP contribution in [0, 0.1) is 0 Å². The second kappa shape index (κ2) is 1.50. The Bertz CT molecular complexity index is 87.7. The zero-order valence-corrected chi connectivity index (χ0v) is 3.81. The summed E-state index contributed by atoms with van der Waals surface area (Å²) < 4.78 is 0. The number of hydrogen-bond donors (Lipinski definition) is 1. The largest absolute Gasteiger partial charge is 0.372 e. The van der Waals surface area contributed by atoms with E-state index in [4.69, 9.17) is 0 Å². The number of rotatable bonds is 1. The van der Waals surface area contributed by atoms with Crippen molar-refractivity contribution in [3.05, 3.63) is 0 Å². The van der Waals surface area contributed by atoms with E-state index in [9.17, 15) is 9.90 Å². The molecule has 0 aromatic heterocycles. The van der Waals surface area contributed by atoms with Gasteiger partial charge in [-0.3, -0.25) is 0 Å². The molecule has 7 heavy (non-hydrogen) atoms. The van der Waals surface area contributed by atoms with Crippen LogP contribution in [0.5, 0.6) is 0 Å². The highest BCUT2D eigenvalue weighted by Gasteiger charge is 2.24. The van der Waals surface area contributed by atoms with Crippen molar-refractivity contribution in [2.75, 3.05) is 6.54 Å². The fraction of sp³-hybridized carbons (Fsp3) is 0.750. The van der Waals surface area contributed by atoms with Crippen LogP contribution >= 0.6 is 0 Å². The van der Waals surface area contributed by atoms with Crippen LogP contribution in [0.15, 0.2) is 0 Å². The molecule has 1 rings (SSSR count). The van der Waals surface area contributed by atoms with Crippen molar-refractivity contribution in [1.82, 2.24) is 5.32 Å². The van der Waals surface area contributed by atoms with Gasteiger partial charge in [0.25, 0.3) is 0 Å². The minimum absolute atomic E-state index is 0.361. The van der Waals surface area contributed by atoms with Gasteiger partial charge in [0.1, 0.15) is 6.04 Å². The van der Waals surface area contributed by atoms with E-state index >= 15 is 0 Å². The second-order valence-electron chi connectivity index (χ2n) is 1.61. The number of hydrogen-bond acceptors (Lipinski definition) is 2. The first-order chi connectivity index (χ1) is 3.30. The Morgan fingerprint density at radius 1 is 1.71 bits per heavy atom. The Morgan fingerprint density at radius 2 is 2.29 bits per heavy atom. The molecule has 1 aliphatic rings. The van der Waals surface area contributed by atoms with Crippen molar-refractivity contribution < 1.29 is 9.90 Å². The summed E-state index contributed by atoms with van der Waals surface area (Å²) in [6.07, 6.45) is 0.725. The molecule has 0 saturated carbocycles. The standard InChI is InChI=1S/C4H6NO2/c6-4(7)3-1-2-5-3/h3,5H,1-2H2. The zero-order chi connectivity index (χ0) is 5.28. The van der Waals surface area contributed by atoms with Gasteiger partial charge in [0.05, 0.1) is 0 Å². The maximum Gasteiger partial charge on any atom is 0.372 e. The number of carbonyl (C=O) groups excluding carboxylic acids is 1. The minimum Gasteiger partial charge on any atom is -0.304 e. The van der Waals surface area contributed by atoms with Gasteiger partial charge in [-0.25, -0.2) is 9.90 Å². The van der Waals surface area contributed by atoms with Crippen LogP contribution in [0.25, 0.3) is 0 Å². The average Bonchev–Trinajstić information content (AvgIpc) is 1.23. The molecular formula is C4H6NO2. The van der Waals surface area contributed by atoms with E-state index in [0.717, 1.165) is 13.0 Å². The van der Waals surface area contributed by atoms with Crippen molar-refractivity contribution in [1.29, 1.82) is 0 Å². The summed E-state index contributed by atoms with van der Waals surface area (Å²) in [5.41, 5.74) is 0. The lowest BCUT2D eigenvalue weighted by molar-refractivity contribution is -0.147. The molecule has 1 fully saturated rings. The van der Waals surface area contributed by atoms with Gasteiger partial charge in [0.15, 0.2) is 0 Å².